The highest BCUT2D eigenvalue weighted by molar-refractivity contribution is 5.85. The third kappa shape index (κ3) is 4.86. The van der Waals surface area contributed by atoms with E-state index in [0.717, 1.165) is 5.56 Å². The highest BCUT2D eigenvalue weighted by Crippen LogP contribution is 2.30. The normalized spacial score (nSPS) is 13.3. The molecule has 0 aliphatic rings. The van der Waals surface area contributed by atoms with Gasteiger partial charge in [-0.2, -0.15) is 0 Å². The van der Waals surface area contributed by atoms with Gasteiger partial charge in [0.05, 0.1) is 19.8 Å². The zero-order chi connectivity index (χ0) is 15.3. The Bertz CT molecular complexity index is 468. The van der Waals surface area contributed by atoms with Crippen molar-refractivity contribution in [3.8, 4) is 5.75 Å². The summed E-state index contributed by atoms with van der Waals surface area (Å²) in [5, 5.41) is 0. The van der Waals surface area contributed by atoms with Gasteiger partial charge in [-0.25, -0.2) is 9.18 Å². The SMILES string of the molecule is CCOC(=O)C(F)[C@H](N)c1cc(C(C)C)ccc1OC.Cl. The van der Waals surface area contributed by atoms with E-state index in [4.69, 9.17) is 10.5 Å². The first kappa shape index (κ1) is 19.7. The van der Waals surface area contributed by atoms with Crippen LogP contribution in [0.25, 0.3) is 0 Å². The summed E-state index contributed by atoms with van der Waals surface area (Å²) in [6.07, 6.45) is -1.91. The molecule has 2 N–H and O–H groups in total. The molecule has 0 amide bonds. The van der Waals surface area contributed by atoms with Crippen molar-refractivity contribution in [3.05, 3.63) is 29.3 Å². The third-order valence-electron chi connectivity index (χ3n) is 3.11. The molecule has 0 aromatic heterocycles. The van der Waals surface area contributed by atoms with E-state index in [2.05, 4.69) is 4.74 Å². The standard InChI is InChI=1S/C15H22FNO3.ClH/c1-5-20-15(18)13(16)14(17)11-8-10(9(2)3)6-7-12(11)19-4;/h6-9,13-14H,5,17H2,1-4H3;1H/t13?,14-;/m1./s1. The van der Waals surface area contributed by atoms with E-state index in [-0.39, 0.29) is 24.9 Å². The maximum atomic E-state index is 14.1. The minimum absolute atomic E-state index is 0. The predicted octanol–water partition coefficient (Wildman–Crippen LogP) is 3.14. The zero-order valence-electron chi connectivity index (χ0n) is 12.8. The fraction of sp³-hybridized carbons (Fsp3) is 0.533. The molecule has 0 aliphatic carbocycles. The summed E-state index contributed by atoms with van der Waals surface area (Å²) in [7, 11) is 1.48. The Morgan fingerprint density at radius 3 is 2.48 bits per heavy atom. The van der Waals surface area contributed by atoms with Crippen molar-refractivity contribution in [2.24, 2.45) is 5.73 Å². The number of carbonyl (C=O) groups is 1. The van der Waals surface area contributed by atoms with Gasteiger partial charge in [0.1, 0.15) is 5.75 Å². The molecule has 0 radical (unpaired) electrons. The molecule has 0 saturated carbocycles. The van der Waals surface area contributed by atoms with Crippen LogP contribution in [0.15, 0.2) is 18.2 Å². The van der Waals surface area contributed by atoms with Crippen LogP contribution in [-0.4, -0.2) is 25.9 Å². The van der Waals surface area contributed by atoms with Crippen LogP contribution >= 0.6 is 12.4 Å². The largest absolute Gasteiger partial charge is 0.496 e. The van der Waals surface area contributed by atoms with Gasteiger partial charge in [-0.1, -0.05) is 26.0 Å². The zero-order valence-corrected chi connectivity index (χ0v) is 13.6. The fourth-order valence-electron chi connectivity index (χ4n) is 1.90. The Morgan fingerprint density at radius 1 is 1.38 bits per heavy atom. The molecule has 21 heavy (non-hydrogen) atoms. The van der Waals surface area contributed by atoms with Crippen LogP contribution in [0.1, 0.15) is 43.9 Å². The molecule has 0 heterocycles. The van der Waals surface area contributed by atoms with Crippen LogP contribution in [-0.2, 0) is 9.53 Å². The maximum Gasteiger partial charge on any atom is 0.342 e. The molecule has 1 aromatic carbocycles. The summed E-state index contributed by atoms with van der Waals surface area (Å²) in [6.45, 7) is 5.79. The van der Waals surface area contributed by atoms with E-state index in [1.165, 1.54) is 7.11 Å². The molecular formula is C15H23ClFNO3. The topological polar surface area (TPSA) is 61.5 Å². The predicted molar refractivity (Wildman–Crippen MR) is 82.8 cm³/mol. The second-order valence-electron chi connectivity index (χ2n) is 4.84. The maximum absolute atomic E-state index is 14.1. The molecule has 0 fully saturated rings. The molecule has 2 atom stereocenters. The van der Waals surface area contributed by atoms with Gasteiger partial charge in [-0.15, -0.1) is 12.4 Å². The lowest BCUT2D eigenvalue weighted by Crippen LogP contribution is -2.32. The van der Waals surface area contributed by atoms with Gasteiger partial charge >= 0.3 is 5.97 Å². The minimum atomic E-state index is -1.91. The van der Waals surface area contributed by atoms with Crippen LogP contribution in [0.5, 0.6) is 5.75 Å². The van der Waals surface area contributed by atoms with Crippen LogP contribution in [0.2, 0.25) is 0 Å². The smallest absolute Gasteiger partial charge is 0.342 e. The number of ether oxygens (including phenoxy) is 2. The Kier molecular flexibility index (Phi) is 8.29. The first-order chi connectivity index (χ1) is 9.42. The van der Waals surface area contributed by atoms with E-state index in [0.29, 0.717) is 11.3 Å². The second kappa shape index (κ2) is 8.85. The van der Waals surface area contributed by atoms with Crippen molar-refractivity contribution in [2.45, 2.75) is 38.9 Å². The van der Waals surface area contributed by atoms with Crippen molar-refractivity contribution in [3.63, 3.8) is 0 Å². The molecule has 0 bridgehead atoms. The molecule has 4 nitrogen and oxygen atoms in total. The van der Waals surface area contributed by atoms with Crippen LogP contribution < -0.4 is 10.5 Å². The quantitative estimate of drug-likeness (QED) is 0.818. The Balaban J connectivity index is 0.00000400. The number of benzene rings is 1. The van der Waals surface area contributed by atoms with Gasteiger partial charge in [-0.05, 0) is 24.5 Å². The number of esters is 1. The van der Waals surface area contributed by atoms with E-state index < -0.39 is 18.2 Å². The molecule has 6 heteroatoms. The van der Waals surface area contributed by atoms with Gasteiger partial charge < -0.3 is 15.2 Å². The lowest BCUT2D eigenvalue weighted by Gasteiger charge is -2.20. The summed E-state index contributed by atoms with van der Waals surface area (Å²) in [5.74, 6) is -0.210. The summed E-state index contributed by atoms with van der Waals surface area (Å²) >= 11 is 0. The number of carbonyl (C=O) groups excluding carboxylic acids is 1. The van der Waals surface area contributed by atoms with Crippen molar-refractivity contribution in [1.29, 1.82) is 0 Å². The summed E-state index contributed by atoms with van der Waals surface area (Å²) in [6, 6.07) is 4.31. The average Bonchev–Trinajstić information content (AvgIpc) is 2.45. The number of methoxy groups -OCH3 is 1. The summed E-state index contributed by atoms with van der Waals surface area (Å²) < 4.78 is 23.9. The van der Waals surface area contributed by atoms with E-state index in [9.17, 15) is 9.18 Å². The Morgan fingerprint density at radius 2 is 2.00 bits per heavy atom. The minimum Gasteiger partial charge on any atom is -0.496 e. The van der Waals surface area contributed by atoms with Crippen molar-refractivity contribution >= 4 is 18.4 Å². The second-order valence-corrected chi connectivity index (χ2v) is 4.84. The Hall–Kier alpha value is -1.33. The summed E-state index contributed by atoms with van der Waals surface area (Å²) in [5.41, 5.74) is 7.34. The highest BCUT2D eigenvalue weighted by atomic mass is 35.5. The van der Waals surface area contributed by atoms with Crippen molar-refractivity contribution < 1.29 is 18.7 Å². The van der Waals surface area contributed by atoms with Crippen molar-refractivity contribution in [1.82, 2.24) is 0 Å². The van der Waals surface area contributed by atoms with Gasteiger partial charge in [0.25, 0.3) is 0 Å². The van der Waals surface area contributed by atoms with Crippen molar-refractivity contribution in [2.75, 3.05) is 13.7 Å². The number of nitrogens with two attached hydrogens (primary N) is 1. The molecule has 1 unspecified atom stereocenters. The first-order valence-electron chi connectivity index (χ1n) is 6.66. The highest BCUT2D eigenvalue weighted by Gasteiger charge is 2.30. The number of rotatable bonds is 6. The first-order valence-corrected chi connectivity index (χ1v) is 6.66. The number of alkyl halides is 1. The van der Waals surface area contributed by atoms with E-state index >= 15 is 0 Å². The molecular weight excluding hydrogens is 297 g/mol. The van der Waals surface area contributed by atoms with Gasteiger partial charge in [-0.3, -0.25) is 0 Å². The van der Waals surface area contributed by atoms with Crippen LogP contribution in [0, 0.1) is 0 Å². The lowest BCUT2D eigenvalue weighted by molar-refractivity contribution is -0.149. The van der Waals surface area contributed by atoms with Gasteiger partial charge in [0.15, 0.2) is 0 Å². The molecule has 0 saturated heterocycles. The number of hydrogen-bond donors (Lipinski definition) is 1. The number of hydrogen-bond acceptors (Lipinski definition) is 4. The van der Waals surface area contributed by atoms with E-state index in [1.807, 2.05) is 19.9 Å². The molecule has 0 aliphatic heterocycles. The van der Waals surface area contributed by atoms with Crippen LogP contribution in [0.4, 0.5) is 4.39 Å². The molecule has 120 valence electrons. The molecule has 0 spiro atoms. The van der Waals surface area contributed by atoms with Gasteiger partial charge in [0, 0.05) is 5.56 Å². The lowest BCUT2D eigenvalue weighted by atomic mass is 9.95. The Labute approximate surface area is 131 Å². The number of halogens is 2. The monoisotopic (exact) mass is 319 g/mol. The fourth-order valence-corrected chi connectivity index (χ4v) is 1.90. The third-order valence-corrected chi connectivity index (χ3v) is 3.11. The van der Waals surface area contributed by atoms with Crippen LogP contribution in [0.3, 0.4) is 0 Å². The van der Waals surface area contributed by atoms with Gasteiger partial charge in [0.2, 0.25) is 6.17 Å². The average molecular weight is 320 g/mol. The summed E-state index contributed by atoms with van der Waals surface area (Å²) in [4.78, 5) is 11.5. The molecule has 1 aromatic rings. The van der Waals surface area contributed by atoms with E-state index in [1.54, 1.807) is 19.1 Å². The molecule has 1 rings (SSSR count).